The highest BCUT2D eigenvalue weighted by atomic mass is 19.4. The van der Waals surface area contributed by atoms with Crippen molar-refractivity contribution in [2.75, 3.05) is 11.4 Å². The van der Waals surface area contributed by atoms with Crippen LogP contribution in [0.2, 0.25) is 0 Å². The van der Waals surface area contributed by atoms with E-state index in [2.05, 4.69) is 0 Å². The van der Waals surface area contributed by atoms with Gasteiger partial charge in [-0.25, -0.2) is 0 Å². The fraction of sp³-hybridized carbons (Fsp3) is 0.429. The zero-order valence-electron chi connectivity index (χ0n) is 16.5. The van der Waals surface area contributed by atoms with E-state index in [-0.39, 0.29) is 12.3 Å². The summed E-state index contributed by atoms with van der Waals surface area (Å²) in [6, 6.07) is 8.65. The van der Waals surface area contributed by atoms with Crippen molar-refractivity contribution in [1.29, 1.82) is 0 Å². The van der Waals surface area contributed by atoms with Crippen molar-refractivity contribution in [3.8, 4) is 5.75 Å². The molecule has 0 heterocycles. The minimum Gasteiger partial charge on any atom is -0.507 e. The number of anilines is 1. The van der Waals surface area contributed by atoms with E-state index in [1.165, 1.54) is 0 Å². The number of aryl methyl sites for hydroxylation is 1. The van der Waals surface area contributed by atoms with Gasteiger partial charge in [-0.3, -0.25) is 0 Å². The Morgan fingerprint density at radius 3 is 1.97 bits per heavy atom. The van der Waals surface area contributed by atoms with E-state index in [4.69, 9.17) is 0 Å². The lowest BCUT2D eigenvalue weighted by atomic mass is 9.92. The van der Waals surface area contributed by atoms with E-state index in [1.807, 2.05) is 6.92 Å². The Kier molecular flexibility index (Phi) is 6.96. The first-order valence-corrected chi connectivity index (χ1v) is 9.31. The molecule has 0 aliphatic rings. The number of hydrogen-bond acceptors (Lipinski definition) is 3. The maximum atomic E-state index is 13.1. The molecule has 2 aromatic carbocycles. The Balaban J connectivity index is 2.41. The highest BCUT2D eigenvalue weighted by Gasteiger charge is 2.71. The molecule has 0 fully saturated rings. The average Bonchev–Trinajstić information content (AvgIpc) is 2.66. The molecule has 0 unspecified atom stereocenters. The van der Waals surface area contributed by atoms with E-state index in [0.717, 1.165) is 25.0 Å². The van der Waals surface area contributed by atoms with Crippen LogP contribution >= 0.6 is 0 Å². The highest BCUT2D eigenvalue weighted by molar-refractivity contribution is 5.51. The number of halogens is 6. The minimum atomic E-state index is -5.93. The van der Waals surface area contributed by atoms with Crippen molar-refractivity contribution in [2.24, 2.45) is 0 Å². The molecule has 0 aromatic heterocycles. The number of hydrogen-bond donors (Lipinski definition) is 2. The molecule has 3 nitrogen and oxygen atoms in total. The zero-order chi connectivity index (χ0) is 22.7. The summed E-state index contributed by atoms with van der Waals surface area (Å²) in [7, 11) is 0. The fourth-order valence-corrected chi connectivity index (χ4v) is 3.10. The molecule has 30 heavy (non-hydrogen) atoms. The van der Waals surface area contributed by atoms with E-state index < -0.39 is 23.5 Å². The maximum Gasteiger partial charge on any atom is 0.430 e. The topological polar surface area (TPSA) is 43.7 Å². The van der Waals surface area contributed by atoms with Gasteiger partial charge >= 0.3 is 12.4 Å². The fourth-order valence-electron chi connectivity index (χ4n) is 3.10. The zero-order valence-corrected chi connectivity index (χ0v) is 16.5. The third-order valence-electron chi connectivity index (χ3n) is 4.93. The van der Waals surface area contributed by atoms with Crippen LogP contribution in [0.4, 0.5) is 32.0 Å². The molecule has 9 heteroatoms. The largest absolute Gasteiger partial charge is 0.507 e. The van der Waals surface area contributed by atoms with Crippen molar-refractivity contribution < 1.29 is 36.6 Å². The van der Waals surface area contributed by atoms with Gasteiger partial charge < -0.3 is 15.1 Å². The third-order valence-corrected chi connectivity index (χ3v) is 4.93. The van der Waals surface area contributed by atoms with Gasteiger partial charge in [-0.1, -0.05) is 43.7 Å². The standard InChI is InChI=1S/C21H23F6NO2/c1-3-4-12-28(13-15-7-5-6-14(2)18(15)29)17-10-8-16(9-11-17)19(30,20(22,23)24)21(25,26)27/h5-11,29-30H,3-4,12-13H2,1-2H3. The predicted octanol–water partition coefficient (Wildman–Crippen LogP) is 5.82. The maximum absolute atomic E-state index is 13.1. The number of alkyl halides is 6. The normalized spacial score (nSPS) is 12.8. The smallest absolute Gasteiger partial charge is 0.430 e. The second kappa shape index (κ2) is 8.75. The minimum absolute atomic E-state index is 0.0825. The Morgan fingerprint density at radius 2 is 1.47 bits per heavy atom. The molecular weight excluding hydrogens is 412 g/mol. The number of phenolic OH excluding ortho intramolecular Hbond substituents is 1. The van der Waals surface area contributed by atoms with Gasteiger partial charge in [-0.05, 0) is 31.0 Å². The quantitative estimate of drug-likeness (QED) is 0.539. The number of phenols is 1. The SMILES string of the molecule is CCCCN(Cc1cccc(C)c1O)c1ccc(C(O)(C(F)(F)F)C(F)(F)F)cc1. The Labute approximate surface area is 170 Å². The lowest BCUT2D eigenvalue weighted by Crippen LogP contribution is -2.53. The van der Waals surface area contributed by atoms with Crippen molar-refractivity contribution in [1.82, 2.24) is 0 Å². The van der Waals surface area contributed by atoms with Crippen LogP contribution in [0, 0.1) is 6.92 Å². The van der Waals surface area contributed by atoms with Crippen LogP contribution in [0.1, 0.15) is 36.5 Å². The van der Waals surface area contributed by atoms with Gasteiger partial charge in [0.05, 0.1) is 0 Å². The third kappa shape index (κ3) is 4.66. The van der Waals surface area contributed by atoms with Crippen LogP contribution in [0.25, 0.3) is 0 Å². The van der Waals surface area contributed by atoms with Gasteiger partial charge in [-0.2, -0.15) is 26.3 Å². The van der Waals surface area contributed by atoms with Crippen molar-refractivity contribution in [3.63, 3.8) is 0 Å². The van der Waals surface area contributed by atoms with Crippen LogP contribution in [0.5, 0.6) is 5.75 Å². The van der Waals surface area contributed by atoms with Crippen molar-refractivity contribution in [2.45, 2.75) is 51.2 Å². The summed E-state index contributed by atoms with van der Waals surface area (Å²) in [5.74, 6) is 0.0825. The summed E-state index contributed by atoms with van der Waals surface area (Å²) in [6.07, 6.45) is -10.3. The van der Waals surface area contributed by atoms with E-state index in [0.29, 0.717) is 35.5 Å². The van der Waals surface area contributed by atoms with Crippen LogP contribution in [-0.2, 0) is 12.1 Å². The Bertz CT molecular complexity index is 832. The summed E-state index contributed by atoms with van der Waals surface area (Å²) in [6.45, 7) is 4.36. The number of aliphatic hydroxyl groups is 1. The molecule has 2 rings (SSSR count). The summed E-state index contributed by atoms with van der Waals surface area (Å²) < 4.78 is 78.4. The predicted molar refractivity (Wildman–Crippen MR) is 101 cm³/mol. The van der Waals surface area contributed by atoms with Gasteiger partial charge in [0.15, 0.2) is 0 Å². The molecule has 0 saturated heterocycles. The summed E-state index contributed by atoms with van der Waals surface area (Å²) in [5, 5.41) is 19.8. The molecule has 0 aliphatic carbocycles. The van der Waals surface area contributed by atoms with Gasteiger partial charge in [0.1, 0.15) is 5.75 Å². The lowest BCUT2D eigenvalue weighted by Gasteiger charge is -2.33. The summed E-state index contributed by atoms with van der Waals surface area (Å²) in [5.41, 5.74) is -4.66. The molecule has 0 amide bonds. The first-order chi connectivity index (χ1) is 13.8. The van der Waals surface area contributed by atoms with Crippen LogP contribution in [-0.4, -0.2) is 29.1 Å². The molecule has 2 aromatic rings. The monoisotopic (exact) mass is 435 g/mol. The second-order valence-electron chi connectivity index (χ2n) is 7.11. The van der Waals surface area contributed by atoms with Gasteiger partial charge in [-0.15, -0.1) is 0 Å². The molecule has 2 N–H and O–H groups in total. The molecule has 0 radical (unpaired) electrons. The summed E-state index contributed by atoms with van der Waals surface area (Å²) >= 11 is 0. The van der Waals surface area contributed by atoms with E-state index in [9.17, 15) is 36.6 Å². The lowest BCUT2D eigenvalue weighted by molar-refractivity contribution is -0.376. The van der Waals surface area contributed by atoms with Crippen LogP contribution in [0.3, 0.4) is 0 Å². The number of nitrogens with zero attached hydrogens (tertiary/aromatic N) is 1. The van der Waals surface area contributed by atoms with E-state index >= 15 is 0 Å². The van der Waals surface area contributed by atoms with Gasteiger partial charge in [0.2, 0.25) is 0 Å². The Morgan fingerprint density at radius 1 is 0.900 bits per heavy atom. The molecule has 0 bridgehead atoms. The first kappa shape index (κ1) is 23.9. The molecule has 0 spiro atoms. The average molecular weight is 435 g/mol. The summed E-state index contributed by atoms with van der Waals surface area (Å²) in [4.78, 5) is 1.75. The molecule has 0 atom stereocenters. The number of aromatic hydroxyl groups is 1. The molecular formula is C21H23F6NO2. The number of rotatable bonds is 7. The van der Waals surface area contributed by atoms with Gasteiger partial charge in [0, 0.05) is 29.9 Å². The molecule has 166 valence electrons. The van der Waals surface area contributed by atoms with E-state index in [1.54, 1.807) is 30.0 Å². The molecule has 0 saturated carbocycles. The first-order valence-electron chi connectivity index (χ1n) is 9.31. The molecule has 0 aliphatic heterocycles. The number of para-hydroxylation sites is 1. The van der Waals surface area contributed by atoms with Crippen molar-refractivity contribution in [3.05, 3.63) is 59.2 Å². The van der Waals surface area contributed by atoms with Crippen molar-refractivity contribution >= 4 is 5.69 Å². The number of unbranched alkanes of at least 4 members (excludes halogenated alkanes) is 1. The van der Waals surface area contributed by atoms with Gasteiger partial charge in [0.25, 0.3) is 5.60 Å². The highest BCUT2D eigenvalue weighted by Crippen LogP contribution is 2.50. The van der Waals surface area contributed by atoms with Crippen LogP contribution in [0.15, 0.2) is 42.5 Å². The Hall–Kier alpha value is -2.42. The number of benzene rings is 2. The van der Waals surface area contributed by atoms with Crippen LogP contribution < -0.4 is 4.90 Å². The second-order valence-corrected chi connectivity index (χ2v) is 7.11.